The number of amides is 1. The zero-order valence-electron chi connectivity index (χ0n) is 18.6. The van der Waals surface area contributed by atoms with Crippen molar-refractivity contribution in [3.05, 3.63) is 58.7 Å². The number of hydrogen-bond donors (Lipinski definition) is 1. The van der Waals surface area contributed by atoms with Gasteiger partial charge in [0.25, 0.3) is 0 Å². The van der Waals surface area contributed by atoms with Gasteiger partial charge in [0, 0.05) is 32.1 Å². The molecule has 1 aliphatic rings. The van der Waals surface area contributed by atoms with E-state index in [1.807, 2.05) is 25.1 Å². The van der Waals surface area contributed by atoms with Crippen LogP contribution in [0.15, 0.2) is 36.4 Å². The molecule has 0 saturated carbocycles. The topological polar surface area (TPSA) is 50.8 Å². The third kappa shape index (κ3) is 6.38. The molecule has 0 radical (unpaired) electrons. The molecule has 0 fully saturated rings. The summed E-state index contributed by atoms with van der Waals surface area (Å²) in [5.74, 6) is 0.825. The van der Waals surface area contributed by atoms with E-state index in [9.17, 15) is 18.0 Å². The van der Waals surface area contributed by atoms with Crippen molar-refractivity contribution in [2.75, 3.05) is 20.3 Å². The van der Waals surface area contributed by atoms with E-state index >= 15 is 0 Å². The van der Waals surface area contributed by atoms with Crippen LogP contribution in [0.2, 0.25) is 0 Å². The van der Waals surface area contributed by atoms with Gasteiger partial charge in [-0.3, -0.25) is 9.69 Å². The van der Waals surface area contributed by atoms with Crippen LogP contribution in [-0.4, -0.2) is 37.2 Å². The minimum absolute atomic E-state index is 0.0385. The number of halogens is 3. The van der Waals surface area contributed by atoms with Crippen molar-refractivity contribution in [1.82, 2.24) is 10.2 Å². The van der Waals surface area contributed by atoms with Gasteiger partial charge in [0.05, 0.1) is 26.2 Å². The average Bonchev–Trinajstić information content (AvgIpc) is 2.72. The summed E-state index contributed by atoms with van der Waals surface area (Å²) in [7, 11) is 1.52. The first-order valence-electron chi connectivity index (χ1n) is 10.6. The van der Waals surface area contributed by atoms with Crippen LogP contribution in [0.1, 0.15) is 48.6 Å². The van der Waals surface area contributed by atoms with Crippen LogP contribution in [0.4, 0.5) is 13.2 Å². The van der Waals surface area contributed by atoms with Crippen LogP contribution >= 0.6 is 0 Å². The van der Waals surface area contributed by atoms with Crippen LogP contribution < -0.4 is 14.8 Å². The number of hydrogen-bond acceptors (Lipinski definition) is 4. The molecule has 32 heavy (non-hydrogen) atoms. The number of carbonyl (C=O) groups is 1. The second-order valence-corrected chi connectivity index (χ2v) is 8.07. The molecule has 0 bridgehead atoms. The molecule has 0 aliphatic carbocycles. The first-order chi connectivity index (χ1) is 15.2. The fraction of sp³-hybridized carbons (Fsp3) is 0.458. The highest BCUT2D eigenvalue weighted by atomic mass is 19.4. The van der Waals surface area contributed by atoms with E-state index in [2.05, 4.69) is 22.3 Å². The Morgan fingerprint density at radius 3 is 2.53 bits per heavy atom. The van der Waals surface area contributed by atoms with Crippen molar-refractivity contribution < 1.29 is 27.4 Å². The number of methoxy groups -OCH3 is 1. The SMILES string of the molecule is COc1c(OCCC(F)(F)F)ccc2c1CCN(Cc1ccc([C@H](C)NC(C)=O)cc1)C2. The molecule has 3 rings (SSSR count). The molecule has 1 heterocycles. The lowest BCUT2D eigenvalue weighted by Gasteiger charge is -2.30. The van der Waals surface area contributed by atoms with E-state index in [0.29, 0.717) is 11.5 Å². The molecule has 0 unspecified atom stereocenters. The largest absolute Gasteiger partial charge is 0.493 e. The molecule has 2 aromatic rings. The van der Waals surface area contributed by atoms with Crippen LogP contribution in [0.3, 0.4) is 0 Å². The van der Waals surface area contributed by atoms with E-state index in [0.717, 1.165) is 42.7 Å². The van der Waals surface area contributed by atoms with Crippen molar-refractivity contribution >= 4 is 5.91 Å². The van der Waals surface area contributed by atoms with Gasteiger partial charge in [-0.2, -0.15) is 13.2 Å². The highest BCUT2D eigenvalue weighted by Crippen LogP contribution is 2.37. The monoisotopic (exact) mass is 450 g/mol. The van der Waals surface area contributed by atoms with Crippen molar-refractivity contribution in [3.8, 4) is 11.5 Å². The van der Waals surface area contributed by atoms with Crippen LogP contribution in [0.25, 0.3) is 0 Å². The summed E-state index contributed by atoms with van der Waals surface area (Å²) < 4.78 is 48.1. The summed E-state index contributed by atoms with van der Waals surface area (Å²) in [6.07, 6.45) is -4.52. The fourth-order valence-electron chi connectivity index (χ4n) is 3.97. The van der Waals surface area contributed by atoms with E-state index < -0.39 is 19.2 Å². The van der Waals surface area contributed by atoms with Gasteiger partial charge in [0.1, 0.15) is 0 Å². The molecule has 1 atom stereocenters. The maximum absolute atomic E-state index is 12.4. The molecule has 174 valence electrons. The summed E-state index contributed by atoms with van der Waals surface area (Å²) in [5.41, 5.74) is 4.31. The number of fused-ring (bicyclic) bond motifs is 1. The lowest BCUT2D eigenvalue weighted by molar-refractivity contribution is -0.139. The van der Waals surface area contributed by atoms with Crippen LogP contribution in [-0.2, 0) is 24.3 Å². The third-order valence-corrected chi connectivity index (χ3v) is 5.55. The highest BCUT2D eigenvalue weighted by Gasteiger charge is 2.28. The van der Waals surface area contributed by atoms with Gasteiger partial charge in [-0.1, -0.05) is 30.3 Å². The van der Waals surface area contributed by atoms with Gasteiger partial charge < -0.3 is 14.8 Å². The fourth-order valence-corrected chi connectivity index (χ4v) is 3.97. The molecule has 0 spiro atoms. The van der Waals surface area contributed by atoms with Gasteiger partial charge in [-0.15, -0.1) is 0 Å². The van der Waals surface area contributed by atoms with Gasteiger partial charge >= 0.3 is 6.18 Å². The number of rotatable bonds is 8. The minimum atomic E-state index is -4.25. The Balaban J connectivity index is 1.63. The molecule has 5 nitrogen and oxygen atoms in total. The number of ether oxygens (including phenoxy) is 2. The Morgan fingerprint density at radius 1 is 1.19 bits per heavy atom. The Kier molecular flexibility index (Phi) is 7.66. The number of carbonyl (C=O) groups excluding carboxylic acids is 1. The van der Waals surface area contributed by atoms with Crippen LogP contribution in [0.5, 0.6) is 11.5 Å². The molecular formula is C24H29F3N2O3. The standard InChI is InChI=1S/C24H29F3N2O3/c1-16(28-17(2)30)19-6-4-18(5-7-19)14-29-12-10-21-20(15-29)8-9-22(23(21)31-3)32-13-11-24(25,26)27/h4-9,16H,10-15H2,1-3H3,(H,28,30)/t16-/m0/s1. The molecule has 0 aromatic heterocycles. The van der Waals surface area contributed by atoms with Gasteiger partial charge in [-0.25, -0.2) is 0 Å². The third-order valence-electron chi connectivity index (χ3n) is 5.55. The second kappa shape index (κ2) is 10.3. The summed E-state index contributed by atoms with van der Waals surface area (Å²) in [6, 6.07) is 11.8. The smallest absolute Gasteiger partial charge is 0.392 e. The normalized spacial score (nSPS) is 15.1. The minimum Gasteiger partial charge on any atom is -0.493 e. The molecule has 2 aromatic carbocycles. The Bertz CT molecular complexity index is 929. The first-order valence-corrected chi connectivity index (χ1v) is 10.6. The number of alkyl halides is 3. The molecule has 1 aliphatic heterocycles. The van der Waals surface area contributed by atoms with E-state index in [4.69, 9.17) is 9.47 Å². The maximum atomic E-state index is 12.4. The summed E-state index contributed by atoms with van der Waals surface area (Å²) >= 11 is 0. The molecule has 8 heteroatoms. The van der Waals surface area contributed by atoms with Crippen molar-refractivity contribution in [2.45, 2.75) is 52.0 Å². The number of nitrogens with one attached hydrogen (secondary N) is 1. The lowest BCUT2D eigenvalue weighted by atomic mass is 9.97. The Morgan fingerprint density at radius 2 is 1.91 bits per heavy atom. The molecule has 0 saturated heterocycles. The molecule has 1 N–H and O–H groups in total. The molecular weight excluding hydrogens is 421 g/mol. The Labute approximate surface area is 186 Å². The van der Waals surface area contributed by atoms with Crippen LogP contribution in [0, 0.1) is 0 Å². The Hall–Kier alpha value is -2.74. The summed E-state index contributed by atoms with van der Waals surface area (Å²) in [4.78, 5) is 13.6. The molecule has 1 amide bonds. The average molecular weight is 451 g/mol. The zero-order chi connectivity index (χ0) is 23.3. The maximum Gasteiger partial charge on any atom is 0.392 e. The number of nitrogens with zero attached hydrogens (tertiary/aromatic N) is 1. The summed E-state index contributed by atoms with van der Waals surface area (Å²) in [5, 5.41) is 2.88. The lowest BCUT2D eigenvalue weighted by Crippen LogP contribution is -2.30. The van der Waals surface area contributed by atoms with E-state index in [1.54, 1.807) is 6.07 Å². The second-order valence-electron chi connectivity index (χ2n) is 8.07. The quantitative estimate of drug-likeness (QED) is 0.629. The van der Waals surface area contributed by atoms with Gasteiger partial charge in [-0.05, 0) is 36.1 Å². The predicted molar refractivity (Wildman–Crippen MR) is 116 cm³/mol. The van der Waals surface area contributed by atoms with Gasteiger partial charge in [0.2, 0.25) is 5.91 Å². The summed E-state index contributed by atoms with van der Waals surface area (Å²) in [6.45, 7) is 5.33. The van der Waals surface area contributed by atoms with E-state index in [1.165, 1.54) is 19.6 Å². The van der Waals surface area contributed by atoms with E-state index in [-0.39, 0.29) is 11.9 Å². The first kappa shape index (κ1) is 23.9. The van der Waals surface area contributed by atoms with Crippen molar-refractivity contribution in [1.29, 1.82) is 0 Å². The van der Waals surface area contributed by atoms with Gasteiger partial charge in [0.15, 0.2) is 11.5 Å². The predicted octanol–water partition coefficient (Wildman–Crippen LogP) is 4.78. The van der Waals surface area contributed by atoms with Crippen molar-refractivity contribution in [2.24, 2.45) is 0 Å². The zero-order valence-corrected chi connectivity index (χ0v) is 18.6. The number of benzene rings is 2. The van der Waals surface area contributed by atoms with Crippen molar-refractivity contribution in [3.63, 3.8) is 0 Å². The highest BCUT2D eigenvalue weighted by molar-refractivity contribution is 5.73.